The van der Waals surface area contributed by atoms with Crippen LogP contribution < -0.4 is 5.73 Å². The van der Waals surface area contributed by atoms with E-state index in [9.17, 15) is 0 Å². The third-order valence-electron chi connectivity index (χ3n) is 3.06. The summed E-state index contributed by atoms with van der Waals surface area (Å²) in [6.07, 6.45) is 2.09. The summed E-state index contributed by atoms with van der Waals surface area (Å²) in [6.45, 7) is 2.28. The molecule has 3 heteroatoms. The maximum atomic E-state index is 6.21. The molecular formula is C12H16ClNO. The molecule has 1 saturated heterocycles. The van der Waals surface area contributed by atoms with Gasteiger partial charge in [0, 0.05) is 10.4 Å². The van der Waals surface area contributed by atoms with Crippen molar-refractivity contribution in [1.82, 2.24) is 0 Å². The second-order valence-electron chi connectivity index (χ2n) is 4.15. The Balaban J connectivity index is 2.22. The smallest absolute Gasteiger partial charge is 0.0586 e. The Hall–Kier alpha value is -0.570. The van der Waals surface area contributed by atoms with Crippen LogP contribution in [0.5, 0.6) is 0 Å². The van der Waals surface area contributed by atoms with Crippen LogP contribution in [0.4, 0.5) is 0 Å². The molecule has 1 aliphatic heterocycles. The van der Waals surface area contributed by atoms with Gasteiger partial charge in [0.2, 0.25) is 0 Å². The molecule has 1 aromatic rings. The van der Waals surface area contributed by atoms with Crippen molar-refractivity contribution in [3.05, 3.63) is 34.9 Å². The summed E-state index contributed by atoms with van der Waals surface area (Å²) in [6, 6.07) is 8.03. The summed E-state index contributed by atoms with van der Waals surface area (Å²) in [5.74, 6) is 0. The van der Waals surface area contributed by atoms with Crippen molar-refractivity contribution in [2.45, 2.75) is 18.3 Å². The van der Waals surface area contributed by atoms with E-state index >= 15 is 0 Å². The van der Waals surface area contributed by atoms with Gasteiger partial charge in [-0.1, -0.05) is 29.8 Å². The van der Waals surface area contributed by atoms with Crippen LogP contribution in [0.2, 0.25) is 5.02 Å². The van der Waals surface area contributed by atoms with Crippen molar-refractivity contribution in [1.29, 1.82) is 0 Å². The number of halogens is 1. The highest BCUT2D eigenvalue weighted by Crippen LogP contribution is 2.39. The molecule has 82 valence electrons. The Morgan fingerprint density at radius 1 is 1.33 bits per heavy atom. The van der Waals surface area contributed by atoms with E-state index in [1.165, 1.54) is 5.56 Å². The fraction of sp³-hybridized carbons (Fsp3) is 0.500. The van der Waals surface area contributed by atoms with Crippen LogP contribution in [0.15, 0.2) is 24.3 Å². The molecule has 0 aromatic heterocycles. The summed E-state index contributed by atoms with van der Waals surface area (Å²) in [7, 11) is 0. The number of hydrogen-bond donors (Lipinski definition) is 1. The molecule has 2 rings (SSSR count). The number of hydrogen-bond acceptors (Lipinski definition) is 2. The predicted molar refractivity (Wildman–Crippen MR) is 62.2 cm³/mol. The zero-order chi connectivity index (χ0) is 10.7. The Kier molecular flexibility index (Phi) is 3.29. The van der Waals surface area contributed by atoms with Crippen LogP contribution >= 0.6 is 11.6 Å². The van der Waals surface area contributed by atoms with Gasteiger partial charge in [0.05, 0.1) is 13.2 Å². The standard InChI is InChI=1S/C12H16ClNO/c13-11-5-2-1-4-10(11)12(6-3-7-14)8-15-9-12/h1-2,4-5H,3,6-9,14H2. The third kappa shape index (κ3) is 2.03. The van der Waals surface area contributed by atoms with E-state index in [1.54, 1.807) is 0 Å². The second-order valence-corrected chi connectivity index (χ2v) is 4.55. The van der Waals surface area contributed by atoms with Gasteiger partial charge in [-0.25, -0.2) is 0 Å². The van der Waals surface area contributed by atoms with E-state index in [2.05, 4.69) is 6.07 Å². The van der Waals surface area contributed by atoms with E-state index < -0.39 is 0 Å². The van der Waals surface area contributed by atoms with Crippen LogP contribution in [0.3, 0.4) is 0 Å². The van der Waals surface area contributed by atoms with E-state index in [0.29, 0.717) is 0 Å². The number of benzene rings is 1. The summed E-state index contributed by atoms with van der Waals surface area (Å²) in [5, 5.41) is 0.845. The van der Waals surface area contributed by atoms with Gasteiger partial charge in [-0.3, -0.25) is 0 Å². The molecule has 0 atom stereocenters. The monoisotopic (exact) mass is 225 g/mol. The molecule has 0 saturated carbocycles. The third-order valence-corrected chi connectivity index (χ3v) is 3.39. The van der Waals surface area contributed by atoms with Gasteiger partial charge in [-0.05, 0) is 31.0 Å². The Bertz CT molecular complexity index is 336. The maximum absolute atomic E-state index is 6.21. The van der Waals surface area contributed by atoms with Crippen molar-refractivity contribution in [2.75, 3.05) is 19.8 Å². The van der Waals surface area contributed by atoms with Crippen LogP contribution in [-0.2, 0) is 10.2 Å². The molecule has 1 fully saturated rings. The molecule has 0 bridgehead atoms. The van der Waals surface area contributed by atoms with Gasteiger partial charge in [-0.15, -0.1) is 0 Å². The lowest BCUT2D eigenvalue weighted by Gasteiger charge is -2.42. The molecule has 0 spiro atoms. The topological polar surface area (TPSA) is 35.2 Å². The van der Waals surface area contributed by atoms with E-state index in [0.717, 1.165) is 37.6 Å². The molecule has 0 unspecified atom stereocenters. The summed E-state index contributed by atoms with van der Waals surface area (Å²) >= 11 is 6.21. The lowest BCUT2D eigenvalue weighted by Crippen LogP contribution is -2.47. The first kappa shape index (κ1) is 10.9. The lowest BCUT2D eigenvalue weighted by molar-refractivity contribution is -0.0648. The summed E-state index contributed by atoms with van der Waals surface area (Å²) in [4.78, 5) is 0. The van der Waals surface area contributed by atoms with Crippen molar-refractivity contribution >= 4 is 11.6 Å². The highest BCUT2D eigenvalue weighted by atomic mass is 35.5. The highest BCUT2D eigenvalue weighted by Gasteiger charge is 2.40. The van der Waals surface area contributed by atoms with Crippen LogP contribution in [0.1, 0.15) is 18.4 Å². The van der Waals surface area contributed by atoms with Gasteiger partial charge >= 0.3 is 0 Å². The number of nitrogens with two attached hydrogens (primary N) is 1. The van der Waals surface area contributed by atoms with Gasteiger partial charge in [0.25, 0.3) is 0 Å². The molecule has 0 radical (unpaired) electrons. The lowest BCUT2D eigenvalue weighted by atomic mass is 9.75. The SMILES string of the molecule is NCCCC1(c2ccccc2Cl)COC1. The van der Waals surface area contributed by atoms with Crippen LogP contribution in [0, 0.1) is 0 Å². The fourth-order valence-electron chi connectivity index (χ4n) is 2.11. The highest BCUT2D eigenvalue weighted by molar-refractivity contribution is 6.31. The average molecular weight is 226 g/mol. The number of ether oxygens (including phenoxy) is 1. The molecule has 15 heavy (non-hydrogen) atoms. The van der Waals surface area contributed by atoms with Crippen molar-refractivity contribution in [2.24, 2.45) is 5.73 Å². The van der Waals surface area contributed by atoms with Crippen molar-refractivity contribution in [3.8, 4) is 0 Å². The minimum atomic E-state index is 0.123. The van der Waals surface area contributed by atoms with E-state index in [-0.39, 0.29) is 5.41 Å². The molecule has 0 aliphatic carbocycles. The normalized spacial score (nSPS) is 18.5. The summed E-state index contributed by atoms with van der Waals surface area (Å²) < 4.78 is 5.35. The largest absolute Gasteiger partial charge is 0.379 e. The quantitative estimate of drug-likeness (QED) is 0.854. The Morgan fingerprint density at radius 3 is 2.60 bits per heavy atom. The minimum absolute atomic E-state index is 0.123. The number of rotatable bonds is 4. The molecule has 1 aliphatic rings. The summed E-state index contributed by atoms with van der Waals surface area (Å²) in [5.41, 5.74) is 6.89. The second kappa shape index (κ2) is 4.52. The molecule has 2 nitrogen and oxygen atoms in total. The van der Waals surface area contributed by atoms with E-state index in [1.807, 2.05) is 18.2 Å². The average Bonchev–Trinajstić information content (AvgIpc) is 2.19. The van der Waals surface area contributed by atoms with Gasteiger partial charge < -0.3 is 10.5 Å². The van der Waals surface area contributed by atoms with Crippen molar-refractivity contribution in [3.63, 3.8) is 0 Å². The maximum Gasteiger partial charge on any atom is 0.0586 e. The molecular weight excluding hydrogens is 210 g/mol. The Labute approximate surface area is 95.4 Å². The van der Waals surface area contributed by atoms with Gasteiger partial charge in [0.15, 0.2) is 0 Å². The molecule has 0 amide bonds. The van der Waals surface area contributed by atoms with Gasteiger partial charge in [0.1, 0.15) is 0 Å². The fourth-order valence-corrected chi connectivity index (χ4v) is 2.45. The Morgan fingerprint density at radius 2 is 2.07 bits per heavy atom. The first-order chi connectivity index (χ1) is 7.28. The minimum Gasteiger partial charge on any atom is -0.379 e. The molecule has 1 heterocycles. The molecule has 1 aromatic carbocycles. The first-order valence-electron chi connectivity index (χ1n) is 5.31. The van der Waals surface area contributed by atoms with Crippen LogP contribution in [-0.4, -0.2) is 19.8 Å². The molecule has 2 N–H and O–H groups in total. The van der Waals surface area contributed by atoms with Crippen LogP contribution in [0.25, 0.3) is 0 Å². The zero-order valence-corrected chi connectivity index (χ0v) is 9.46. The predicted octanol–water partition coefficient (Wildman–Crippen LogP) is 2.35. The van der Waals surface area contributed by atoms with Gasteiger partial charge in [-0.2, -0.15) is 0 Å². The van der Waals surface area contributed by atoms with Crippen molar-refractivity contribution < 1.29 is 4.74 Å². The first-order valence-corrected chi connectivity index (χ1v) is 5.69. The van der Waals surface area contributed by atoms with E-state index in [4.69, 9.17) is 22.1 Å². The zero-order valence-electron chi connectivity index (χ0n) is 8.71.